The molecule has 0 saturated heterocycles. The van der Waals surface area contributed by atoms with Gasteiger partial charge in [0, 0.05) is 31.3 Å². The SMILES string of the molecule is CNC(=O)c1ccc(Nc2nccn3c(-c4cn(CC#N)nc4C(F)(F)F)cnc23)cc1Cl. The van der Waals surface area contributed by atoms with Crippen LogP contribution >= 0.6 is 11.6 Å². The summed E-state index contributed by atoms with van der Waals surface area (Å²) in [6.45, 7) is -0.332. The maximum Gasteiger partial charge on any atom is 0.435 e. The molecule has 168 valence electrons. The topological polar surface area (TPSA) is 113 Å². The molecule has 0 fully saturated rings. The van der Waals surface area contributed by atoms with E-state index in [0.29, 0.717) is 5.69 Å². The number of fused-ring (bicyclic) bond motifs is 1. The van der Waals surface area contributed by atoms with E-state index in [0.717, 1.165) is 10.9 Å². The average Bonchev–Trinajstić information content (AvgIpc) is 3.38. The van der Waals surface area contributed by atoms with Crippen molar-refractivity contribution in [3.63, 3.8) is 0 Å². The van der Waals surface area contributed by atoms with Gasteiger partial charge < -0.3 is 10.6 Å². The van der Waals surface area contributed by atoms with Gasteiger partial charge in [0.05, 0.1) is 34.1 Å². The van der Waals surface area contributed by atoms with Gasteiger partial charge in [-0.3, -0.25) is 13.9 Å². The number of aromatic nitrogens is 5. The second-order valence-electron chi connectivity index (χ2n) is 6.76. The number of imidazole rings is 1. The molecule has 33 heavy (non-hydrogen) atoms. The highest BCUT2D eigenvalue weighted by atomic mass is 35.5. The van der Waals surface area contributed by atoms with Crippen LogP contribution in [0.1, 0.15) is 16.1 Å². The summed E-state index contributed by atoms with van der Waals surface area (Å²) in [7, 11) is 1.49. The van der Waals surface area contributed by atoms with Gasteiger partial charge in [-0.15, -0.1) is 0 Å². The zero-order valence-electron chi connectivity index (χ0n) is 16.9. The van der Waals surface area contributed by atoms with Crippen molar-refractivity contribution in [2.75, 3.05) is 12.4 Å². The van der Waals surface area contributed by atoms with Crippen molar-refractivity contribution >= 4 is 34.7 Å². The minimum atomic E-state index is -4.72. The maximum atomic E-state index is 13.6. The van der Waals surface area contributed by atoms with Crippen molar-refractivity contribution in [1.82, 2.24) is 29.5 Å². The van der Waals surface area contributed by atoms with Crippen LogP contribution in [0.4, 0.5) is 24.7 Å². The summed E-state index contributed by atoms with van der Waals surface area (Å²) >= 11 is 6.18. The zero-order chi connectivity index (χ0) is 23.8. The Morgan fingerprint density at radius 1 is 1.30 bits per heavy atom. The number of benzene rings is 1. The van der Waals surface area contributed by atoms with Crippen LogP contribution < -0.4 is 10.6 Å². The second-order valence-corrected chi connectivity index (χ2v) is 7.16. The Labute approximate surface area is 189 Å². The smallest absolute Gasteiger partial charge is 0.355 e. The number of nitrogens with one attached hydrogen (secondary N) is 2. The van der Waals surface area contributed by atoms with Crippen LogP contribution in [0.5, 0.6) is 0 Å². The molecular formula is C20H14ClF3N8O. The predicted molar refractivity (Wildman–Crippen MR) is 113 cm³/mol. The number of hydrogen-bond donors (Lipinski definition) is 2. The lowest BCUT2D eigenvalue weighted by Gasteiger charge is -2.10. The number of alkyl halides is 3. The van der Waals surface area contributed by atoms with Gasteiger partial charge in [-0.2, -0.15) is 23.5 Å². The summed E-state index contributed by atoms with van der Waals surface area (Å²) in [5.74, 6) is -0.0902. The van der Waals surface area contributed by atoms with E-state index in [1.165, 1.54) is 42.2 Å². The van der Waals surface area contributed by atoms with Crippen molar-refractivity contribution in [2.24, 2.45) is 0 Å². The number of amides is 1. The molecule has 0 unspecified atom stereocenters. The number of hydrogen-bond acceptors (Lipinski definition) is 6. The molecule has 0 atom stereocenters. The Kier molecular flexibility index (Phi) is 5.65. The van der Waals surface area contributed by atoms with Crippen LogP contribution in [-0.2, 0) is 12.7 Å². The Bertz CT molecular complexity index is 1400. The third-order valence-corrected chi connectivity index (χ3v) is 4.98. The standard InChI is InChI=1S/C20H14ClF3N8O/c1-26-19(33)12-3-2-11(8-14(12)21)29-17-18-28-9-15(32(18)7-5-27-17)13-10-31(6-4-25)30-16(13)20(22,23)24/h2-3,5,7-10H,6H2,1H3,(H,26,33)(H,27,29). The molecule has 2 N–H and O–H groups in total. The average molecular weight is 475 g/mol. The van der Waals surface area contributed by atoms with E-state index in [4.69, 9.17) is 16.9 Å². The zero-order valence-corrected chi connectivity index (χ0v) is 17.6. The lowest BCUT2D eigenvalue weighted by Crippen LogP contribution is -2.18. The molecule has 9 nitrogen and oxygen atoms in total. The van der Waals surface area contributed by atoms with Crippen LogP contribution in [0.25, 0.3) is 16.9 Å². The van der Waals surface area contributed by atoms with Crippen molar-refractivity contribution < 1.29 is 18.0 Å². The lowest BCUT2D eigenvalue weighted by atomic mass is 10.2. The van der Waals surface area contributed by atoms with Gasteiger partial charge >= 0.3 is 6.18 Å². The normalized spacial score (nSPS) is 11.4. The Morgan fingerprint density at radius 2 is 2.09 bits per heavy atom. The van der Waals surface area contributed by atoms with Gasteiger partial charge in [0.2, 0.25) is 0 Å². The van der Waals surface area contributed by atoms with Gasteiger partial charge in [-0.05, 0) is 18.2 Å². The largest absolute Gasteiger partial charge is 0.435 e. The van der Waals surface area contributed by atoms with Crippen LogP contribution in [0.2, 0.25) is 5.02 Å². The summed E-state index contributed by atoms with van der Waals surface area (Å²) in [6, 6.07) is 6.43. The second kappa shape index (κ2) is 8.44. The van der Waals surface area contributed by atoms with Crippen molar-refractivity contribution in [3.8, 4) is 17.3 Å². The highest BCUT2D eigenvalue weighted by Crippen LogP contribution is 2.37. The fraction of sp³-hybridized carbons (Fsp3) is 0.150. The Morgan fingerprint density at radius 3 is 2.76 bits per heavy atom. The molecule has 0 aliphatic carbocycles. The first kappa shape index (κ1) is 22.1. The number of carbonyl (C=O) groups excluding carboxylic acids is 1. The van der Waals surface area contributed by atoms with Gasteiger partial charge in [0.25, 0.3) is 5.91 Å². The van der Waals surface area contributed by atoms with Gasteiger partial charge in [0.1, 0.15) is 6.54 Å². The Hall–Kier alpha value is -4.11. The van der Waals surface area contributed by atoms with E-state index >= 15 is 0 Å². The highest BCUT2D eigenvalue weighted by molar-refractivity contribution is 6.34. The van der Waals surface area contributed by atoms with Gasteiger partial charge in [-0.1, -0.05) is 11.6 Å². The maximum absolute atomic E-state index is 13.6. The number of nitrogens with zero attached hydrogens (tertiary/aromatic N) is 6. The molecule has 0 saturated carbocycles. The number of carbonyl (C=O) groups is 1. The molecule has 0 radical (unpaired) electrons. The monoisotopic (exact) mass is 474 g/mol. The van der Waals surface area contributed by atoms with Gasteiger partial charge in [-0.25, -0.2) is 9.97 Å². The first-order chi connectivity index (χ1) is 15.7. The van der Waals surface area contributed by atoms with E-state index < -0.39 is 11.9 Å². The van der Waals surface area contributed by atoms with E-state index in [1.54, 1.807) is 12.1 Å². The summed E-state index contributed by atoms with van der Waals surface area (Å²) in [4.78, 5) is 20.2. The van der Waals surface area contributed by atoms with Crippen LogP contribution in [0.15, 0.2) is 43.0 Å². The van der Waals surface area contributed by atoms with Crippen molar-refractivity contribution in [2.45, 2.75) is 12.7 Å². The summed E-state index contributed by atoms with van der Waals surface area (Å²) in [5, 5.41) is 18.0. The van der Waals surface area contributed by atoms with Crippen molar-refractivity contribution in [1.29, 1.82) is 5.26 Å². The first-order valence-corrected chi connectivity index (χ1v) is 9.73. The fourth-order valence-electron chi connectivity index (χ4n) is 3.23. The lowest BCUT2D eigenvalue weighted by molar-refractivity contribution is -0.141. The van der Waals surface area contributed by atoms with Crippen LogP contribution in [-0.4, -0.2) is 37.1 Å². The molecule has 1 amide bonds. The molecule has 4 aromatic rings. The van der Waals surface area contributed by atoms with Crippen LogP contribution in [0, 0.1) is 11.3 Å². The molecule has 0 aliphatic heterocycles. The summed E-state index contributed by atoms with van der Waals surface area (Å²) in [6.07, 6.45) is 0.560. The molecule has 0 spiro atoms. The van der Waals surface area contributed by atoms with Crippen LogP contribution in [0.3, 0.4) is 0 Å². The Balaban J connectivity index is 1.75. The number of rotatable bonds is 5. The molecular weight excluding hydrogens is 461 g/mol. The molecule has 4 rings (SSSR count). The molecule has 0 bridgehead atoms. The summed E-state index contributed by atoms with van der Waals surface area (Å²) < 4.78 is 43.0. The number of halogens is 4. The van der Waals surface area contributed by atoms with Gasteiger partial charge in [0.15, 0.2) is 17.2 Å². The third kappa shape index (κ3) is 4.18. The molecule has 3 heterocycles. The first-order valence-electron chi connectivity index (χ1n) is 9.35. The quantitative estimate of drug-likeness (QED) is 0.453. The summed E-state index contributed by atoms with van der Waals surface area (Å²) in [5.41, 5.74) is -0.188. The minimum Gasteiger partial charge on any atom is -0.355 e. The third-order valence-electron chi connectivity index (χ3n) is 4.67. The molecule has 1 aromatic carbocycles. The highest BCUT2D eigenvalue weighted by Gasteiger charge is 2.38. The van der Waals surface area contributed by atoms with E-state index in [1.807, 2.05) is 0 Å². The number of nitriles is 1. The molecule has 13 heteroatoms. The molecule has 0 aliphatic rings. The minimum absolute atomic E-state index is 0.125. The van der Waals surface area contributed by atoms with E-state index in [-0.39, 0.29) is 45.8 Å². The van der Waals surface area contributed by atoms with E-state index in [2.05, 4.69) is 25.7 Å². The molecule has 3 aromatic heterocycles. The predicted octanol–water partition coefficient (Wildman–Crippen LogP) is 3.89. The fourth-order valence-corrected chi connectivity index (χ4v) is 3.49. The van der Waals surface area contributed by atoms with Crippen molar-refractivity contribution in [3.05, 3.63) is 59.3 Å². The van der Waals surface area contributed by atoms with E-state index in [9.17, 15) is 18.0 Å². The number of anilines is 2.